The fraction of sp³-hybridized carbons (Fsp3) is 0.833. The van der Waals surface area contributed by atoms with Crippen molar-refractivity contribution in [2.45, 2.75) is 83.6 Å². The molecular formula is C18H31N2NaO4. The van der Waals surface area contributed by atoms with Crippen LogP contribution in [0, 0.1) is 0 Å². The number of carbonyl (C=O) groups is 2. The molecule has 1 unspecified atom stereocenters. The van der Waals surface area contributed by atoms with E-state index >= 15 is 0 Å². The van der Waals surface area contributed by atoms with Crippen molar-refractivity contribution < 1.29 is 49.0 Å². The maximum absolute atomic E-state index is 11.7. The Morgan fingerprint density at radius 3 is 2.04 bits per heavy atom. The molecular weight excluding hydrogens is 331 g/mol. The van der Waals surface area contributed by atoms with Crippen LogP contribution in [0.3, 0.4) is 0 Å². The van der Waals surface area contributed by atoms with Crippen LogP contribution in [0.5, 0.6) is 0 Å². The molecule has 0 radical (unpaired) electrons. The van der Waals surface area contributed by atoms with Crippen molar-refractivity contribution in [2.75, 3.05) is 13.2 Å². The number of esters is 1. The summed E-state index contributed by atoms with van der Waals surface area (Å²) in [5.74, 6) is -1.84. The zero-order valence-corrected chi connectivity index (χ0v) is 17.8. The molecule has 138 valence electrons. The van der Waals surface area contributed by atoms with Crippen LogP contribution in [0.25, 0.3) is 0 Å². The Balaban J connectivity index is 0.00000576. The van der Waals surface area contributed by atoms with Crippen molar-refractivity contribution in [3.63, 3.8) is 0 Å². The van der Waals surface area contributed by atoms with E-state index in [1.165, 1.54) is 57.8 Å². The van der Waals surface area contributed by atoms with Gasteiger partial charge in [-0.05, 0) is 6.42 Å². The summed E-state index contributed by atoms with van der Waals surface area (Å²) in [4.78, 5) is 26.1. The van der Waals surface area contributed by atoms with Crippen LogP contribution in [-0.2, 0) is 14.3 Å². The van der Waals surface area contributed by atoms with E-state index in [2.05, 4.69) is 17.2 Å². The summed E-state index contributed by atoms with van der Waals surface area (Å²) in [5, 5.41) is 13.1. The first-order chi connectivity index (χ1) is 11.6. The Labute approximate surface area is 173 Å². The number of hydrogen-bond donors (Lipinski definition) is 1. The summed E-state index contributed by atoms with van der Waals surface area (Å²) < 4.78 is 5.09. The van der Waals surface area contributed by atoms with Crippen LogP contribution >= 0.6 is 0 Å². The van der Waals surface area contributed by atoms with Gasteiger partial charge in [0.15, 0.2) is 0 Å². The fourth-order valence-electron chi connectivity index (χ4n) is 2.70. The Hall–Kier alpha value is -0.590. The minimum absolute atomic E-state index is 0. The Morgan fingerprint density at radius 1 is 1.04 bits per heavy atom. The van der Waals surface area contributed by atoms with Gasteiger partial charge in [0.25, 0.3) is 0 Å². The van der Waals surface area contributed by atoms with Gasteiger partial charge in [-0.3, -0.25) is 4.99 Å². The van der Waals surface area contributed by atoms with E-state index in [0.29, 0.717) is 6.61 Å². The van der Waals surface area contributed by atoms with Crippen molar-refractivity contribution in [1.29, 1.82) is 0 Å². The van der Waals surface area contributed by atoms with Gasteiger partial charge in [-0.15, -0.1) is 0 Å². The smallest absolute Gasteiger partial charge is 0.548 e. The van der Waals surface area contributed by atoms with E-state index in [-0.39, 0.29) is 41.9 Å². The number of aliphatic carboxylic acids is 1. The number of nitrogens with one attached hydrogen (secondary N) is 1. The molecule has 0 amide bonds. The van der Waals surface area contributed by atoms with Crippen LogP contribution in [-0.4, -0.2) is 37.0 Å². The Kier molecular flexibility index (Phi) is 15.3. The summed E-state index contributed by atoms with van der Waals surface area (Å²) >= 11 is 0. The van der Waals surface area contributed by atoms with Gasteiger partial charge in [-0.1, -0.05) is 71.1 Å². The van der Waals surface area contributed by atoms with Crippen molar-refractivity contribution in [2.24, 2.45) is 4.99 Å². The van der Waals surface area contributed by atoms with Gasteiger partial charge in [-0.25, -0.2) is 4.79 Å². The minimum atomic E-state index is -1.26. The Morgan fingerprint density at radius 2 is 1.56 bits per heavy atom. The summed E-state index contributed by atoms with van der Waals surface area (Å²) in [6, 6.07) is -0.922. The van der Waals surface area contributed by atoms with Gasteiger partial charge in [0.05, 0.1) is 25.2 Å². The standard InChI is InChI=1S/C18H32N2O4.Na/c1-2-3-4-5-6-7-8-9-10-11-12-13-24-18(23)16-19-14-15(20-16)17(21)22;/h15H,2-14H2,1H3,(H,19,20)(H,21,22);/q;+1/p-1. The normalized spacial score (nSPS) is 15.9. The van der Waals surface area contributed by atoms with E-state index in [0.717, 1.165) is 12.8 Å². The molecule has 0 aromatic rings. The zero-order valence-electron chi connectivity index (χ0n) is 15.8. The first-order valence-corrected chi connectivity index (χ1v) is 9.34. The average Bonchev–Trinajstić information content (AvgIpc) is 3.06. The molecule has 0 aromatic carbocycles. The number of ether oxygens (including phenoxy) is 1. The predicted molar refractivity (Wildman–Crippen MR) is 91.7 cm³/mol. The molecule has 0 spiro atoms. The molecule has 0 aliphatic carbocycles. The molecule has 7 heteroatoms. The van der Waals surface area contributed by atoms with Gasteiger partial charge in [0, 0.05) is 0 Å². The number of rotatable bonds is 14. The number of unbranched alkanes of at least 4 members (excludes halogenated alkanes) is 10. The number of aliphatic imine (C=N–C) groups is 1. The molecule has 1 aliphatic heterocycles. The number of carboxylic acid groups (broad SMARTS) is 1. The quantitative estimate of drug-likeness (QED) is 0.242. The minimum Gasteiger partial charge on any atom is -0.548 e. The van der Waals surface area contributed by atoms with Gasteiger partial charge in [-0.2, -0.15) is 0 Å². The van der Waals surface area contributed by atoms with Crippen LogP contribution in [0.2, 0.25) is 0 Å². The molecule has 0 saturated carbocycles. The van der Waals surface area contributed by atoms with Crippen LogP contribution in [0.1, 0.15) is 77.6 Å². The third-order valence-corrected chi connectivity index (χ3v) is 4.20. The molecule has 0 fully saturated rings. The van der Waals surface area contributed by atoms with E-state index in [4.69, 9.17) is 4.74 Å². The molecule has 0 aromatic heterocycles. The molecule has 1 N–H and O–H groups in total. The first-order valence-electron chi connectivity index (χ1n) is 9.34. The third-order valence-electron chi connectivity index (χ3n) is 4.20. The van der Waals surface area contributed by atoms with E-state index in [1.54, 1.807) is 0 Å². The number of carbonyl (C=O) groups excluding carboxylic acids is 2. The van der Waals surface area contributed by atoms with Crippen LogP contribution in [0.4, 0.5) is 0 Å². The molecule has 1 atom stereocenters. The topological polar surface area (TPSA) is 90.8 Å². The maximum atomic E-state index is 11.7. The predicted octanol–water partition coefficient (Wildman–Crippen LogP) is -1.04. The van der Waals surface area contributed by atoms with Crippen molar-refractivity contribution in [1.82, 2.24) is 5.32 Å². The number of hydrogen-bond acceptors (Lipinski definition) is 6. The molecule has 0 saturated heterocycles. The van der Waals surface area contributed by atoms with Crippen molar-refractivity contribution in [3.05, 3.63) is 0 Å². The van der Waals surface area contributed by atoms with Crippen molar-refractivity contribution in [3.8, 4) is 0 Å². The summed E-state index contributed by atoms with van der Waals surface area (Å²) in [6.45, 7) is 2.61. The van der Waals surface area contributed by atoms with E-state index in [9.17, 15) is 14.7 Å². The second kappa shape index (κ2) is 15.6. The Bertz CT molecular complexity index is 416. The van der Waals surface area contributed by atoms with Gasteiger partial charge in [0.1, 0.15) is 0 Å². The monoisotopic (exact) mass is 362 g/mol. The number of carboxylic acids is 1. The molecule has 1 rings (SSSR count). The molecule has 0 bridgehead atoms. The van der Waals surface area contributed by atoms with Crippen molar-refractivity contribution >= 4 is 17.8 Å². The number of amidine groups is 1. The molecule has 6 nitrogen and oxygen atoms in total. The fourth-order valence-corrected chi connectivity index (χ4v) is 2.70. The molecule has 25 heavy (non-hydrogen) atoms. The van der Waals surface area contributed by atoms with E-state index < -0.39 is 18.0 Å². The molecule has 1 heterocycles. The first kappa shape index (κ1) is 24.4. The van der Waals surface area contributed by atoms with Gasteiger partial charge in [0.2, 0.25) is 5.84 Å². The molecule has 1 aliphatic rings. The SMILES string of the molecule is CCCCCCCCCCCCCOC(=O)C1=NCC(C(=O)[O-])N1.[Na+]. The summed E-state index contributed by atoms with van der Waals surface area (Å²) in [6.07, 6.45) is 13.6. The maximum Gasteiger partial charge on any atom is 1.00 e. The second-order valence-electron chi connectivity index (χ2n) is 6.38. The zero-order chi connectivity index (χ0) is 17.6. The van der Waals surface area contributed by atoms with Gasteiger partial charge >= 0.3 is 35.5 Å². The third kappa shape index (κ3) is 11.6. The summed E-state index contributed by atoms with van der Waals surface area (Å²) in [7, 11) is 0. The average molecular weight is 362 g/mol. The van der Waals surface area contributed by atoms with Gasteiger partial charge < -0.3 is 20.0 Å². The van der Waals surface area contributed by atoms with Crippen LogP contribution < -0.4 is 40.0 Å². The second-order valence-corrected chi connectivity index (χ2v) is 6.38. The number of nitrogens with zero attached hydrogens (tertiary/aromatic N) is 1. The largest absolute Gasteiger partial charge is 1.00 e. The van der Waals surface area contributed by atoms with E-state index in [1.807, 2.05) is 0 Å². The summed E-state index contributed by atoms with van der Waals surface area (Å²) in [5.41, 5.74) is 0. The van der Waals surface area contributed by atoms with Crippen LogP contribution in [0.15, 0.2) is 4.99 Å².